The molecule has 1 aliphatic heterocycles. The zero-order chi connectivity index (χ0) is 18.7. The molecule has 26 heavy (non-hydrogen) atoms. The molecule has 1 N–H and O–H groups in total. The number of carbonyl (C=O) groups excluding carboxylic acids is 1. The monoisotopic (exact) mass is 371 g/mol. The molecule has 0 radical (unpaired) electrons. The van der Waals surface area contributed by atoms with Crippen LogP contribution in [0.2, 0.25) is 0 Å². The maximum Gasteiger partial charge on any atom is 0.267 e. The maximum absolute atomic E-state index is 12.6. The number of anilines is 2. The van der Waals surface area contributed by atoms with Gasteiger partial charge >= 0.3 is 0 Å². The second kappa shape index (κ2) is 7.06. The molecule has 1 atom stereocenters. The summed E-state index contributed by atoms with van der Waals surface area (Å²) in [6.45, 7) is -0.103. The molecule has 2 aromatic rings. The lowest BCUT2D eigenvalue weighted by atomic mass is 10.1. The molecule has 1 unspecified atom stereocenters. The van der Waals surface area contributed by atoms with E-state index in [0.717, 1.165) is 11.8 Å². The number of rotatable bonds is 4. The molecule has 0 aliphatic carbocycles. The smallest absolute Gasteiger partial charge is 0.267 e. The summed E-state index contributed by atoms with van der Waals surface area (Å²) in [5.74, 6) is -0.102. The molecule has 0 fully saturated rings. The normalized spacial score (nSPS) is 16.2. The lowest BCUT2D eigenvalue weighted by Crippen LogP contribution is -2.48. The van der Waals surface area contributed by atoms with Crippen molar-refractivity contribution in [2.24, 2.45) is 0 Å². The van der Waals surface area contributed by atoms with Crippen LogP contribution in [0.25, 0.3) is 0 Å². The van der Waals surface area contributed by atoms with Crippen molar-refractivity contribution in [2.75, 3.05) is 22.4 Å². The molecule has 134 valence electrons. The van der Waals surface area contributed by atoms with E-state index in [1.54, 1.807) is 48.5 Å². The van der Waals surface area contributed by atoms with E-state index >= 15 is 0 Å². The van der Waals surface area contributed by atoms with E-state index in [-0.39, 0.29) is 6.54 Å². The predicted octanol–water partition coefficient (Wildman–Crippen LogP) is 1.92. The molecule has 1 amide bonds. The van der Waals surface area contributed by atoms with Gasteiger partial charge in [-0.2, -0.15) is 5.26 Å². The number of para-hydroxylation sites is 2. The number of nitrogens with zero attached hydrogens (tertiary/aromatic N) is 2. The maximum atomic E-state index is 12.6. The summed E-state index contributed by atoms with van der Waals surface area (Å²) in [6, 6.07) is 15.6. The van der Waals surface area contributed by atoms with Crippen molar-refractivity contribution in [2.45, 2.75) is 12.5 Å². The number of fused-ring (bicyclic) bond motifs is 1. The first-order valence-corrected chi connectivity index (χ1v) is 9.73. The van der Waals surface area contributed by atoms with Crippen LogP contribution in [0.5, 0.6) is 5.75 Å². The van der Waals surface area contributed by atoms with Crippen LogP contribution in [0.3, 0.4) is 0 Å². The van der Waals surface area contributed by atoms with Crippen LogP contribution >= 0.6 is 0 Å². The molecule has 7 nitrogen and oxygen atoms in total. The fourth-order valence-electron chi connectivity index (χ4n) is 2.67. The first-order valence-electron chi connectivity index (χ1n) is 7.88. The summed E-state index contributed by atoms with van der Waals surface area (Å²) >= 11 is 0. The minimum atomic E-state index is -3.55. The Balaban J connectivity index is 1.79. The number of ether oxygens (including phenoxy) is 1. The molecular weight excluding hydrogens is 354 g/mol. The zero-order valence-corrected chi connectivity index (χ0v) is 14.9. The van der Waals surface area contributed by atoms with E-state index in [0.29, 0.717) is 23.5 Å². The van der Waals surface area contributed by atoms with Gasteiger partial charge in [-0.05, 0) is 29.8 Å². The number of benzene rings is 2. The molecule has 3 rings (SSSR count). The number of nitrogens with one attached hydrogen (secondary N) is 1. The third-order valence-corrected chi connectivity index (χ3v) is 5.08. The highest BCUT2D eigenvalue weighted by Crippen LogP contribution is 2.34. The van der Waals surface area contributed by atoms with E-state index in [1.807, 2.05) is 0 Å². The second-order valence-electron chi connectivity index (χ2n) is 5.89. The van der Waals surface area contributed by atoms with Gasteiger partial charge in [-0.3, -0.25) is 9.10 Å². The fourth-order valence-corrected chi connectivity index (χ4v) is 3.59. The zero-order valence-electron chi connectivity index (χ0n) is 14.0. The molecule has 0 aromatic heterocycles. The van der Waals surface area contributed by atoms with Gasteiger partial charge in [0.05, 0.1) is 31.0 Å². The van der Waals surface area contributed by atoms with Crippen molar-refractivity contribution in [1.29, 1.82) is 5.26 Å². The average Bonchev–Trinajstić information content (AvgIpc) is 2.62. The van der Waals surface area contributed by atoms with E-state index in [1.165, 1.54) is 4.31 Å². The van der Waals surface area contributed by atoms with Gasteiger partial charge < -0.3 is 10.1 Å². The number of hydrogen-bond acceptors (Lipinski definition) is 5. The Morgan fingerprint density at radius 2 is 1.96 bits per heavy atom. The summed E-state index contributed by atoms with van der Waals surface area (Å²) in [6.07, 6.45) is 0.413. The van der Waals surface area contributed by atoms with E-state index < -0.39 is 22.0 Å². The first-order chi connectivity index (χ1) is 12.4. The van der Waals surface area contributed by atoms with E-state index in [9.17, 15) is 13.2 Å². The molecule has 0 saturated carbocycles. The third kappa shape index (κ3) is 3.78. The topological polar surface area (TPSA) is 99.5 Å². The predicted molar refractivity (Wildman–Crippen MR) is 97.4 cm³/mol. The minimum Gasteiger partial charge on any atom is -0.476 e. The van der Waals surface area contributed by atoms with Crippen LogP contribution in [-0.4, -0.2) is 33.2 Å². The van der Waals surface area contributed by atoms with Gasteiger partial charge in [0.25, 0.3) is 5.91 Å². The number of carbonyl (C=O) groups is 1. The first kappa shape index (κ1) is 17.8. The van der Waals surface area contributed by atoms with Crippen LogP contribution in [0, 0.1) is 11.3 Å². The van der Waals surface area contributed by atoms with Crippen LogP contribution in [-0.2, 0) is 21.2 Å². The Kier molecular flexibility index (Phi) is 4.82. The van der Waals surface area contributed by atoms with Crippen molar-refractivity contribution < 1.29 is 17.9 Å². The van der Waals surface area contributed by atoms with Gasteiger partial charge in [-0.15, -0.1) is 0 Å². The lowest BCUT2D eigenvalue weighted by Gasteiger charge is -2.33. The molecule has 1 heterocycles. The van der Waals surface area contributed by atoms with Gasteiger partial charge in [-0.1, -0.05) is 24.3 Å². The Labute approximate surface area is 151 Å². The van der Waals surface area contributed by atoms with Crippen molar-refractivity contribution >= 4 is 27.3 Å². The van der Waals surface area contributed by atoms with Crippen molar-refractivity contribution in [1.82, 2.24) is 0 Å². The standard InChI is InChI=1S/C18H17N3O4S/c1-26(23,24)21-12-17(25-16-5-3-2-4-15(16)21)18(22)20-14-8-6-13(7-9-14)10-11-19/h2-9,17H,10,12H2,1H3,(H,20,22). The van der Waals surface area contributed by atoms with Crippen molar-refractivity contribution in [3.8, 4) is 11.8 Å². The number of nitriles is 1. The molecule has 1 aliphatic rings. The Hall–Kier alpha value is -3.05. The van der Waals surface area contributed by atoms with Crippen LogP contribution in [0.1, 0.15) is 5.56 Å². The Morgan fingerprint density at radius 1 is 1.27 bits per heavy atom. The molecule has 0 bridgehead atoms. The molecule has 2 aromatic carbocycles. The summed E-state index contributed by atoms with van der Waals surface area (Å²) in [4.78, 5) is 12.6. The highest BCUT2D eigenvalue weighted by atomic mass is 32.2. The van der Waals surface area contributed by atoms with Gasteiger partial charge in [0, 0.05) is 5.69 Å². The quantitative estimate of drug-likeness (QED) is 0.885. The average molecular weight is 371 g/mol. The van der Waals surface area contributed by atoms with Crippen LogP contribution in [0.15, 0.2) is 48.5 Å². The number of sulfonamides is 1. The highest BCUT2D eigenvalue weighted by molar-refractivity contribution is 7.92. The summed E-state index contributed by atoms with van der Waals surface area (Å²) in [5.41, 5.74) is 1.81. The van der Waals surface area contributed by atoms with E-state index in [2.05, 4.69) is 11.4 Å². The van der Waals surface area contributed by atoms with Gasteiger partial charge in [-0.25, -0.2) is 8.42 Å². The molecule has 0 spiro atoms. The summed E-state index contributed by atoms with van der Waals surface area (Å²) in [5, 5.41) is 11.4. The van der Waals surface area contributed by atoms with Crippen molar-refractivity contribution in [3.63, 3.8) is 0 Å². The third-order valence-electron chi connectivity index (χ3n) is 3.93. The van der Waals surface area contributed by atoms with Gasteiger partial charge in [0.1, 0.15) is 5.75 Å². The van der Waals surface area contributed by atoms with Crippen LogP contribution < -0.4 is 14.4 Å². The molecular formula is C18H17N3O4S. The van der Waals surface area contributed by atoms with E-state index in [4.69, 9.17) is 10.00 Å². The van der Waals surface area contributed by atoms with Crippen LogP contribution in [0.4, 0.5) is 11.4 Å². The molecule has 8 heteroatoms. The lowest BCUT2D eigenvalue weighted by molar-refractivity contribution is -0.122. The Morgan fingerprint density at radius 3 is 2.62 bits per heavy atom. The number of hydrogen-bond donors (Lipinski definition) is 1. The minimum absolute atomic E-state index is 0.103. The summed E-state index contributed by atoms with van der Waals surface area (Å²) in [7, 11) is -3.55. The Bertz CT molecular complexity index is 965. The van der Waals surface area contributed by atoms with Gasteiger partial charge in [0.15, 0.2) is 6.10 Å². The SMILES string of the molecule is CS(=O)(=O)N1CC(C(=O)Nc2ccc(CC#N)cc2)Oc2ccccc21. The summed E-state index contributed by atoms with van der Waals surface area (Å²) < 4.78 is 31.0. The fraction of sp³-hybridized carbons (Fsp3) is 0.222. The van der Waals surface area contributed by atoms with Crippen molar-refractivity contribution in [3.05, 3.63) is 54.1 Å². The highest BCUT2D eigenvalue weighted by Gasteiger charge is 2.34. The number of amides is 1. The second-order valence-corrected chi connectivity index (χ2v) is 7.80. The largest absolute Gasteiger partial charge is 0.476 e. The van der Waals surface area contributed by atoms with Gasteiger partial charge in [0.2, 0.25) is 10.0 Å². The molecule has 0 saturated heterocycles.